The molecule has 1 aliphatic carbocycles. The van der Waals surface area contributed by atoms with Gasteiger partial charge in [0.15, 0.2) is 0 Å². The van der Waals surface area contributed by atoms with Gasteiger partial charge in [-0.3, -0.25) is 0 Å². The van der Waals surface area contributed by atoms with Gasteiger partial charge in [0, 0.05) is 12.6 Å². The number of carbonyl (C=O) groups is 1. The van der Waals surface area contributed by atoms with Gasteiger partial charge in [-0.05, 0) is 24.7 Å². The molecule has 0 saturated carbocycles. The summed E-state index contributed by atoms with van der Waals surface area (Å²) in [5.74, 6) is 0. The SMILES string of the molecule is C=CC[C@@]1(C)C=C(C/C=N/NC(N)=O)CC1. The number of hydrazone groups is 1. The zero-order chi connectivity index (χ0) is 12.0. The van der Waals surface area contributed by atoms with Gasteiger partial charge in [-0.25, -0.2) is 10.2 Å². The van der Waals surface area contributed by atoms with Gasteiger partial charge in [0.2, 0.25) is 0 Å². The van der Waals surface area contributed by atoms with E-state index >= 15 is 0 Å². The van der Waals surface area contributed by atoms with Crippen LogP contribution in [-0.2, 0) is 0 Å². The Bertz CT molecular complexity index is 333. The fourth-order valence-corrected chi connectivity index (χ4v) is 2.01. The van der Waals surface area contributed by atoms with Gasteiger partial charge >= 0.3 is 6.03 Å². The standard InChI is InChI=1S/C12H19N3O/c1-3-6-12(2)7-4-10(9-12)5-8-14-15-11(13)16/h3,8-9H,1,4-7H2,2H3,(H3,13,15,16)/b14-8+/t12-/m1/s1. The number of hydrogen-bond donors (Lipinski definition) is 2. The van der Waals surface area contributed by atoms with Crippen LogP contribution in [0, 0.1) is 5.41 Å². The molecule has 0 bridgehead atoms. The maximum absolute atomic E-state index is 10.4. The van der Waals surface area contributed by atoms with E-state index in [1.807, 2.05) is 6.08 Å². The largest absolute Gasteiger partial charge is 0.350 e. The predicted molar refractivity (Wildman–Crippen MR) is 66.1 cm³/mol. The summed E-state index contributed by atoms with van der Waals surface area (Å²) >= 11 is 0. The van der Waals surface area contributed by atoms with Gasteiger partial charge < -0.3 is 5.73 Å². The summed E-state index contributed by atoms with van der Waals surface area (Å²) in [6.07, 6.45) is 9.96. The highest BCUT2D eigenvalue weighted by Crippen LogP contribution is 2.39. The van der Waals surface area contributed by atoms with Crippen LogP contribution in [-0.4, -0.2) is 12.2 Å². The van der Waals surface area contributed by atoms with Gasteiger partial charge in [-0.2, -0.15) is 5.10 Å². The first kappa shape index (κ1) is 12.5. The summed E-state index contributed by atoms with van der Waals surface area (Å²) in [5.41, 5.74) is 8.67. The van der Waals surface area contributed by atoms with Crippen molar-refractivity contribution in [3.05, 3.63) is 24.3 Å². The van der Waals surface area contributed by atoms with Crippen molar-refractivity contribution in [3.63, 3.8) is 0 Å². The molecule has 0 aromatic rings. The van der Waals surface area contributed by atoms with Crippen LogP contribution in [0.15, 0.2) is 29.4 Å². The Morgan fingerprint density at radius 1 is 1.81 bits per heavy atom. The van der Waals surface area contributed by atoms with Crippen LogP contribution < -0.4 is 11.2 Å². The maximum atomic E-state index is 10.4. The Kier molecular flexibility index (Phi) is 4.28. The molecule has 16 heavy (non-hydrogen) atoms. The Balaban J connectivity index is 2.42. The Morgan fingerprint density at radius 2 is 2.56 bits per heavy atom. The summed E-state index contributed by atoms with van der Waals surface area (Å²) in [6, 6.07) is -0.631. The molecule has 0 aromatic heterocycles. The van der Waals surface area contributed by atoms with E-state index in [2.05, 4.69) is 30.1 Å². The van der Waals surface area contributed by atoms with Crippen molar-refractivity contribution in [3.8, 4) is 0 Å². The number of nitrogens with two attached hydrogens (primary N) is 1. The molecule has 88 valence electrons. The van der Waals surface area contributed by atoms with E-state index in [1.165, 1.54) is 5.57 Å². The maximum Gasteiger partial charge on any atom is 0.332 e. The van der Waals surface area contributed by atoms with E-state index in [0.29, 0.717) is 0 Å². The fourth-order valence-electron chi connectivity index (χ4n) is 2.01. The molecule has 3 N–H and O–H groups in total. The summed E-state index contributed by atoms with van der Waals surface area (Å²) < 4.78 is 0. The fraction of sp³-hybridized carbons (Fsp3) is 0.500. The minimum atomic E-state index is -0.631. The van der Waals surface area contributed by atoms with E-state index in [-0.39, 0.29) is 5.41 Å². The number of carbonyl (C=O) groups excluding carboxylic acids is 1. The second kappa shape index (κ2) is 5.49. The number of nitrogens with one attached hydrogen (secondary N) is 1. The number of amides is 2. The van der Waals surface area contributed by atoms with E-state index in [1.54, 1.807) is 6.21 Å². The van der Waals surface area contributed by atoms with E-state index in [0.717, 1.165) is 25.7 Å². The monoisotopic (exact) mass is 221 g/mol. The summed E-state index contributed by atoms with van der Waals surface area (Å²) in [5, 5.41) is 3.72. The lowest BCUT2D eigenvalue weighted by molar-refractivity contribution is 0.249. The average Bonchev–Trinajstić information content (AvgIpc) is 2.55. The molecule has 1 aliphatic rings. The average molecular weight is 221 g/mol. The molecule has 4 nitrogen and oxygen atoms in total. The molecule has 0 saturated heterocycles. The molecule has 1 rings (SSSR count). The van der Waals surface area contributed by atoms with Crippen LogP contribution in [0.3, 0.4) is 0 Å². The third kappa shape index (κ3) is 3.88. The number of rotatable bonds is 5. The Hall–Kier alpha value is -1.58. The normalized spacial score (nSPS) is 24.4. The first-order chi connectivity index (χ1) is 7.56. The quantitative estimate of drug-likeness (QED) is 0.417. The number of hydrogen-bond acceptors (Lipinski definition) is 2. The van der Waals surface area contributed by atoms with Crippen LogP contribution in [0.2, 0.25) is 0 Å². The Labute approximate surface area is 96.3 Å². The molecule has 2 amide bonds. The number of primary amides is 1. The molecule has 0 fully saturated rings. The molecule has 1 atom stereocenters. The number of urea groups is 1. The van der Waals surface area contributed by atoms with E-state index in [9.17, 15) is 4.79 Å². The summed E-state index contributed by atoms with van der Waals surface area (Å²) in [4.78, 5) is 10.4. The van der Waals surface area contributed by atoms with Crippen molar-refractivity contribution in [2.75, 3.05) is 0 Å². The van der Waals surface area contributed by atoms with Crippen LogP contribution >= 0.6 is 0 Å². The molecular weight excluding hydrogens is 202 g/mol. The zero-order valence-corrected chi connectivity index (χ0v) is 9.70. The lowest BCUT2D eigenvalue weighted by Crippen LogP contribution is -2.24. The number of nitrogens with zero attached hydrogens (tertiary/aromatic N) is 1. The smallest absolute Gasteiger partial charge is 0.332 e. The summed E-state index contributed by atoms with van der Waals surface area (Å²) in [7, 11) is 0. The topological polar surface area (TPSA) is 67.5 Å². The van der Waals surface area contributed by atoms with Gasteiger partial charge in [-0.15, -0.1) is 6.58 Å². The molecular formula is C12H19N3O. The summed E-state index contributed by atoms with van der Waals surface area (Å²) in [6.45, 7) is 6.01. The van der Waals surface area contributed by atoms with Gasteiger partial charge in [0.05, 0.1) is 0 Å². The third-order valence-electron chi connectivity index (χ3n) is 2.80. The van der Waals surface area contributed by atoms with Crippen molar-refractivity contribution in [2.45, 2.75) is 32.6 Å². The molecule has 0 heterocycles. The van der Waals surface area contributed by atoms with Gasteiger partial charge in [0.1, 0.15) is 0 Å². The van der Waals surface area contributed by atoms with Crippen LogP contribution in [0.4, 0.5) is 4.79 Å². The van der Waals surface area contributed by atoms with Gasteiger partial charge in [-0.1, -0.05) is 24.6 Å². The zero-order valence-electron chi connectivity index (χ0n) is 9.70. The second-order valence-electron chi connectivity index (χ2n) is 4.44. The van der Waals surface area contributed by atoms with Crippen molar-refractivity contribution < 1.29 is 4.79 Å². The van der Waals surface area contributed by atoms with Crippen LogP contribution in [0.1, 0.15) is 32.6 Å². The van der Waals surface area contributed by atoms with Crippen molar-refractivity contribution in [2.24, 2.45) is 16.3 Å². The highest BCUT2D eigenvalue weighted by molar-refractivity contribution is 5.73. The lowest BCUT2D eigenvalue weighted by atomic mass is 9.87. The van der Waals surface area contributed by atoms with Gasteiger partial charge in [0.25, 0.3) is 0 Å². The van der Waals surface area contributed by atoms with Crippen molar-refractivity contribution in [1.82, 2.24) is 5.43 Å². The molecule has 0 radical (unpaired) electrons. The first-order valence-electron chi connectivity index (χ1n) is 5.44. The lowest BCUT2D eigenvalue weighted by Gasteiger charge is -2.18. The molecule has 0 unspecified atom stereocenters. The second-order valence-corrected chi connectivity index (χ2v) is 4.44. The van der Waals surface area contributed by atoms with E-state index < -0.39 is 6.03 Å². The molecule has 0 aliphatic heterocycles. The first-order valence-corrected chi connectivity index (χ1v) is 5.44. The molecule has 0 aromatic carbocycles. The van der Waals surface area contributed by atoms with E-state index in [4.69, 9.17) is 5.73 Å². The minimum Gasteiger partial charge on any atom is -0.350 e. The highest BCUT2D eigenvalue weighted by Gasteiger charge is 2.25. The molecule has 4 heteroatoms. The predicted octanol–water partition coefficient (Wildman–Crippen LogP) is 2.33. The van der Waals surface area contributed by atoms with Crippen LogP contribution in [0.25, 0.3) is 0 Å². The van der Waals surface area contributed by atoms with Crippen LogP contribution in [0.5, 0.6) is 0 Å². The van der Waals surface area contributed by atoms with Crippen molar-refractivity contribution in [1.29, 1.82) is 0 Å². The Morgan fingerprint density at radius 3 is 3.19 bits per heavy atom. The van der Waals surface area contributed by atoms with Crippen molar-refractivity contribution >= 4 is 12.2 Å². The minimum absolute atomic E-state index is 0.252. The number of allylic oxidation sites excluding steroid dienone is 3. The molecule has 0 spiro atoms. The highest BCUT2D eigenvalue weighted by atomic mass is 16.2. The third-order valence-corrected chi connectivity index (χ3v) is 2.80.